The Morgan fingerprint density at radius 3 is 2.55 bits per heavy atom. The molecule has 4 rings (SSSR count). The molecule has 0 bridgehead atoms. The van der Waals surface area contributed by atoms with Gasteiger partial charge < -0.3 is 15.0 Å². The van der Waals surface area contributed by atoms with Crippen molar-refractivity contribution in [2.24, 2.45) is 40.4 Å². The van der Waals surface area contributed by atoms with Gasteiger partial charge in [-0.1, -0.05) is 63.6 Å². The zero-order chi connectivity index (χ0) is 27.7. The van der Waals surface area contributed by atoms with Crippen LogP contribution in [0.3, 0.4) is 0 Å². The van der Waals surface area contributed by atoms with E-state index in [1.807, 2.05) is 14.1 Å². The predicted octanol–water partition coefficient (Wildman–Crippen LogP) is 8.21. The third-order valence-electron chi connectivity index (χ3n) is 11.8. The van der Waals surface area contributed by atoms with E-state index in [1.165, 1.54) is 51.4 Å². The Hall–Kier alpha value is -0.430. The van der Waals surface area contributed by atoms with E-state index in [1.54, 1.807) is 5.57 Å². The lowest BCUT2D eigenvalue weighted by Crippen LogP contribution is -2.54. The van der Waals surface area contributed by atoms with Gasteiger partial charge in [0.1, 0.15) is 6.10 Å². The molecule has 0 aromatic carbocycles. The van der Waals surface area contributed by atoms with Crippen LogP contribution in [0, 0.1) is 40.4 Å². The summed E-state index contributed by atoms with van der Waals surface area (Å²) in [5.41, 5.74) is 2.36. The minimum absolute atomic E-state index is 0.0285. The van der Waals surface area contributed by atoms with E-state index in [4.69, 9.17) is 9.25 Å². The summed E-state index contributed by atoms with van der Waals surface area (Å²) >= 11 is -0.0532. The number of carbonyl (C=O) groups excluding carboxylic acids is 1. The molecule has 0 heterocycles. The van der Waals surface area contributed by atoms with Crippen LogP contribution in [0.15, 0.2) is 11.6 Å². The third-order valence-corrected chi connectivity index (χ3v) is 16.0. The van der Waals surface area contributed by atoms with Gasteiger partial charge in [0.15, 0.2) is 0 Å². The van der Waals surface area contributed by atoms with Crippen molar-refractivity contribution in [3.63, 3.8) is 0 Å². The zero-order valence-corrected chi connectivity index (χ0v) is 27.7. The molecule has 0 radical (unpaired) electrons. The minimum Gasteiger partial charge on any atom is -0.446 e. The molecule has 0 aliphatic heterocycles. The summed E-state index contributed by atoms with van der Waals surface area (Å²) in [7, 11) is 4.04. The first-order valence-corrected chi connectivity index (χ1v) is 18.3. The molecular weight excluding hydrogens is 583 g/mol. The molecule has 0 unspecified atom stereocenters. The Morgan fingerprint density at radius 2 is 1.87 bits per heavy atom. The summed E-state index contributed by atoms with van der Waals surface area (Å²) in [6.07, 6.45) is 16.5. The molecule has 218 valence electrons. The van der Waals surface area contributed by atoms with Crippen LogP contribution in [0.4, 0.5) is 4.79 Å². The standard InChI is InChI=1S/C33H57IN2O2/c1-23(2)10-9-11-24(3)33(34-6)19-16-29-27-13-12-25-22-26(38-30(37)35-20-21-36(7)8)14-17-31(25,4)28(27)15-18-32(29,33)5/h12,23-24,26-29H,6,9-11,13-22H2,1-5,7-8H3,(H,35,37)/t24-,26+,27-,28+,29+,31+,32+,33+/m1/s1. The quantitative estimate of drug-likeness (QED) is 0.149. The molecule has 0 saturated heterocycles. The highest BCUT2D eigenvalue weighted by molar-refractivity contribution is 14.2. The topological polar surface area (TPSA) is 41.6 Å². The maximum absolute atomic E-state index is 12.4. The predicted molar refractivity (Wildman–Crippen MR) is 170 cm³/mol. The average Bonchev–Trinajstić information content (AvgIpc) is 3.17. The Balaban J connectivity index is 1.44. The number of amides is 1. The van der Waals surface area contributed by atoms with Crippen molar-refractivity contribution in [1.82, 2.24) is 10.2 Å². The molecule has 0 aromatic rings. The summed E-state index contributed by atoms with van der Waals surface area (Å²) in [5.74, 6) is 4.12. The van der Waals surface area contributed by atoms with E-state index in [9.17, 15) is 4.79 Å². The van der Waals surface area contributed by atoms with Crippen LogP contribution in [0.25, 0.3) is 0 Å². The molecule has 3 fully saturated rings. The van der Waals surface area contributed by atoms with Crippen molar-refractivity contribution in [2.45, 2.75) is 115 Å². The first kappa shape index (κ1) is 30.5. The lowest BCUT2D eigenvalue weighted by atomic mass is 9.47. The van der Waals surface area contributed by atoms with E-state index >= 15 is 0 Å². The molecule has 38 heavy (non-hydrogen) atoms. The van der Waals surface area contributed by atoms with Gasteiger partial charge in [-0.3, -0.25) is 0 Å². The second kappa shape index (κ2) is 12.2. The molecular formula is C33H57IN2O2. The van der Waals surface area contributed by atoms with Crippen molar-refractivity contribution in [1.29, 1.82) is 0 Å². The van der Waals surface area contributed by atoms with Crippen molar-refractivity contribution in [3.05, 3.63) is 11.6 Å². The molecule has 5 heteroatoms. The molecule has 8 atom stereocenters. The summed E-state index contributed by atoms with van der Waals surface area (Å²) in [6.45, 7) is 14.1. The first-order valence-electron chi connectivity index (χ1n) is 15.6. The van der Waals surface area contributed by atoms with Crippen LogP contribution in [-0.4, -0.2) is 52.2 Å². The second-order valence-electron chi connectivity index (χ2n) is 14.5. The van der Waals surface area contributed by atoms with E-state index in [2.05, 4.69) is 50.9 Å². The van der Waals surface area contributed by atoms with Gasteiger partial charge in [-0.15, -0.1) is 20.7 Å². The number of fused-ring (bicyclic) bond motifs is 5. The number of nitrogens with zero attached hydrogens (tertiary/aromatic N) is 1. The SMILES string of the molecule is C=I[C@]1([C@H](C)CCCC(C)C)CC[C@H]2[C@@H]3CC=C4C[C@@H](OC(=O)NCCN(C)C)CC[C@]4(C)[C@H]3CC[C@@]21C. The number of alkyl carbamates (subject to hydrolysis) is 1. The van der Waals surface area contributed by atoms with Crippen LogP contribution in [0.2, 0.25) is 0 Å². The first-order chi connectivity index (χ1) is 18.0. The lowest BCUT2D eigenvalue weighted by molar-refractivity contribution is -0.0487. The number of halogens is 1. The number of nitrogens with one attached hydrogen (secondary N) is 1. The molecule has 3 saturated carbocycles. The van der Waals surface area contributed by atoms with Gasteiger partial charge in [0.25, 0.3) is 0 Å². The summed E-state index contributed by atoms with van der Waals surface area (Å²) in [4.78, 5) is 14.5. The molecule has 1 N–H and O–H groups in total. The minimum atomic E-state index is -0.246. The molecule has 1 amide bonds. The fourth-order valence-electron chi connectivity index (χ4n) is 9.54. The average molecular weight is 641 g/mol. The number of hydrogen-bond acceptors (Lipinski definition) is 3. The van der Waals surface area contributed by atoms with Crippen molar-refractivity contribution in [3.8, 4) is 0 Å². The molecule has 4 aliphatic rings. The highest BCUT2D eigenvalue weighted by Crippen LogP contribution is 2.71. The third kappa shape index (κ3) is 5.67. The van der Waals surface area contributed by atoms with Gasteiger partial charge >= 0.3 is 6.09 Å². The van der Waals surface area contributed by atoms with Crippen LogP contribution in [0.5, 0.6) is 0 Å². The van der Waals surface area contributed by atoms with E-state index in [0.717, 1.165) is 55.4 Å². The number of rotatable bonds is 10. The highest BCUT2D eigenvalue weighted by Gasteiger charge is 2.64. The van der Waals surface area contributed by atoms with Crippen LogP contribution in [0.1, 0.15) is 105 Å². The number of carbonyl (C=O) groups is 1. The summed E-state index contributed by atoms with van der Waals surface area (Å²) in [5, 5.41) is 2.93. The smallest absolute Gasteiger partial charge is 0.407 e. The van der Waals surface area contributed by atoms with Crippen LogP contribution in [-0.2, 0) is 4.74 Å². The Kier molecular flexibility index (Phi) is 9.81. The molecule has 4 aliphatic carbocycles. The maximum Gasteiger partial charge on any atom is 0.407 e. The van der Waals surface area contributed by atoms with Crippen molar-refractivity contribution >= 4 is 31.3 Å². The highest BCUT2D eigenvalue weighted by atomic mass is 127. The maximum atomic E-state index is 12.4. The van der Waals surface area contributed by atoms with E-state index in [0.29, 0.717) is 20.8 Å². The number of alkyl halides is 1. The number of allylic oxidation sites excluding steroid dienone is 1. The van der Waals surface area contributed by atoms with Gasteiger partial charge in [0.2, 0.25) is 0 Å². The summed E-state index contributed by atoms with van der Waals surface area (Å²) in [6, 6.07) is 0. The van der Waals surface area contributed by atoms with Gasteiger partial charge in [-0.25, -0.2) is 4.79 Å². The van der Waals surface area contributed by atoms with Crippen molar-refractivity contribution in [2.75, 3.05) is 27.2 Å². The summed E-state index contributed by atoms with van der Waals surface area (Å²) < 4.78 is 11.1. The van der Waals surface area contributed by atoms with Gasteiger partial charge in [0, 0.05) is 22.9 Å². The molecule has 4 nitrogen and oxygen atoms in total. The number of likely N-dealkylation sites (N-methyl/N-ethyl adjacent to an activating group) is 1. The fourth-order valence-corrected chi connectivity index (χ4v) is 12.8. The largest absolute Gasteiger partial charge is 0.446 e. The van der Waals surface area contributed by atoms with Gasteiger partial charge in [0.05, 0.1) is 0 Å². The lowest BCUT2D eigenvalue weighted by Gasteiger charge is -2.60. The monoisotopic (exact) mass is 640 g/mol. The van der Waals surface area contributed by atoms with Crippen LogP contribution < -0.4 is 5.32 Å². The van der Waals surface area contributed by atoms with Gasteiger partial charge in [-0.2, -0.15) is 0 Å². The zero-order valence-electron chi connectivity index (χ0n) is 25.6. The van der Waals surface area contributed by atoms with Crippen LogP contribution >= 0.6 is 20.7 Å². The number of hydrogen-bond donors (Lipinski definition) is 1. The fraction of sp³-hybridized carbons (Fsp3) is 0.879. The van der Waals surface area contributed by atoms with E-state index in [-0.39, 0.29) is 32.9 Å². The second-order valence-corrected chi connectivity index (χ2v) is 17.2. The van der Waals surface area contributed by atoms with Gasteiger partial charge in [-0.05, 0) is 106 Å². The van der Waals surface area contributed by atoms with E-state index < -0.39 is 0 Å². The Labute approximate surface area is 244 Å². The Bertz CT molecular complexity index is 886. The number of ether oxygens (including phenoxy) is 1. The molecule has 0 aromatic heterocycles. The Morgan fingerprint density at radius 1 is 1.13 bits per heavy atom. The molecule has 0 spiro atoms. The van der Waals surface area contributed by atoms with Crippen molar-refractivity contribution < 1.29 is 9.53 Å². The normalized spacial score (nSPS) is 39.2.